The molecule has 6 nitrogen and oxygen atoms in total. The lowest BCUT2D eigenvalue weighted by Gasteiger charge is -2.15. The maximum Gasteiger partial charge on any atom is 0.337 e. The lowest BCUT2D eigenvalue weighted by molar-refractivity contribution is -0.118. The zero-order chi connectivity index (χ0) is 18.0. The van der Waals surface area contributed by atoms with Gasteiger partial charge in [-0.3, -0.25) is 9.36 Å². The molecule has 24 heavy (non-hydrogen) atoms. The second-order valence-electron chi connectivity index (χ2n) is 5.34. The molecule has 1 aromatic rings. The summed E-state index contributed by atoms with van der Waals surface area (Å²) in [5.41, 5.74) is 1.69. The predicted octanol–water partition coefficient (Wildman–Crippen LogP) is 2.96. The van der Waals surface area contributed by atoms with E-state index >= 15 is 0 Å². The number of benzene rings is 1. The monoisotopic (exact) mass is 356 g/mol. The number of hydrogen-bond donors (Lipinski definition) is 1. The molecular weight excluding hydrogens is 331 g/mol. The lowest BCUT2D eigenvalue weighted by atomic mass is 10.1. The first-order valence-corrected chi connectivity index (χ1v) is 9.31. The quantitative estimate of drug-likeness (QED) is 0.373. The Morgan fingerprint density at radius 2 is 1.88 bits per heavy atom. The van der Waals surface area contributed by atoms with Crippen molar-refractivity contribution in [3.63, 3.8) is 0 Å². The minimum absolute atomic E-state index is 0.141. The highest BCUT2D eigenvalue weighted by molar-refractivity contribution is 7.54. The van der Waals surface area contributed by atoms with Gasteiger partial charge >= 0.3 is 7.60 Å². The van der Waals surface area contributed by atoms with Gasteiger partial charge in [-0.2, -0.15) is 0 Å². The molecule has 0 aromatic heterocycles. The zero-order valence-electron chi connectivity index (χ0n) is 14.3. The molecule has 0 saturated heterocycles. The van der Waals surface area contributed by atoms with Crippen LogP contribution in [0.2, 0.25) is 0 Å². The molecular formula is C17H25O6P. The minimum Gasteiger partial charge on any atom is -0.388 e. The first-order valence-electron chi connectivity index (χ1n) is 7.59. The van der Waals surface area contributed by atoms with Gasteiger partial charge in [-0.1, -0.05) is 36.4 Å². The summed E-state index contributed by atoms with van der Waals surface area (Å²) in [6.45, 7) is 2.53. The number of Topliss-reactive ketones (excluding diaryl/α,β-unsaturated/α-hetero) is 1. The van der Waals surface area contributed by atoms with Crippen LogP contribution in [0.25, 0.3) is 0 Å². The van der Waals surface area contributed by atoms with Crippen LogP contribution in [0.1, 0.15) is 18.9 Å². The fraction of sp³-hybridized carbons (Fsp3) is 0.471. The van der Waals surface area contributed by atoms with Gasteiger partial charge in [0.2, 0.25) is 0 Å². The van der Waals surface area contributed by atoms with Crippen LogP contribution in [-0.4, -0.2) is 44.0 Å². The Kier molecular flexibility index (Phi) is 9.11. The zero-order valence-corrected chi connectivity index (χ0v) is 15.2. The van der Waals surface area contributed by atoms with Crippen molar-refractivity contribution < 1.29 is 28.3 Å². The van der Waals surface area contributed by atoms with Crippen LogP contribution in [-0.2, 0) is 29.8 Å². The minimum atomic E-state index is -3.39. The van der Waals surface area contributed by atoms with E-state index in [4.69, 9.17) is 13.8 Å². The van der Waals surface area contributed by atoms with Crippen molar-refractivity contribution in [3.05, 3.63) is 47.5 Å². The van der Waals surface area contributed by atoms with Crippen molar-refractivity contribution in [1.29, 1.82) is 0 Å². The van der Waals surface area contributed by atoms with Gasteiger partial charge < -0.3 is 18.9 Å². The van der Waals surface area contributed by atoms with Crippen LogP contribution < -0.4 is 0 Å². The maximum absolute atomic E-state index is 11.9. The maximum atomic E-state index is 11.9. The molecule has 0 amide bonds. The molecule has 7 heteroatoms. The molecule has 0 unspecified atom stereocenters. The number of aliphatic hydroxyl groups excluding tert-OH is 1. The summed E-state index contributed by atoms with van der Waals surface area (Å²) < 4.78 is 26.8. The largest absolute Gasteiger partial charge is 0.388 e. The molecule has 0 aliphatic carbocycles. The Morgan fingerprint density at radius 1 is 1.25 bits per heavy atom. The smallest absolute Gasteiger partial charge is 0.337 e. The highest BCUT2D eigenvalue weighted by atomic mass is 31.2. The molecule has 1 N–H and O–H groups in total. The van der Waals surface area contributed by atoms with E-state index in [-0.39, 0.29) is 18.4 Å². The summed E-state index contributed by atoms with van der Waals surface area (Å²) in [5, 5.41) is 10.0. The molecule has 0 aliphatic rings. The summed E-state index contributed by atoms with van der Waals surface area (Å²) in [6, 6.07) is 9.75. The van der Waals surface area contributed by atoms with E-state index < -0.39 is 13.7 Å². The molecule has 0 bridgehead atoms. The molecule has 0 aliphatic heterocycles. The number of rotatable bonds is 11. The van der Waals surface area contributed by atoms with Crippen LogP contribution in [0.5, 0.6) is 0 Å². The molecule has 0 saturated carbocycles. The number of carbonyl (C=O) groups is 1. The summed E-state index contributed by atoms with van der Waals surface area (Å²) in [5.74, 6) is -0.382. The Labute approximate surface area is 143 Å². The second-order valence-corrected chi connectivity index (χ2v) is 7.61. The fourth-order valence-corrected chi connectivity index (χ4v) is 2.91. The molecule has 1 atom stereocenters. The van der Waals surface area contributed by atoms with E-state index in [0.29, 0.717) is 18.8 Å². The standard InChI is InChI=1S/C17H25O6P/c1-14(9-10-23-12-15-7-5-4-6-8-15)17(19)11-16(18)13-24(20,21-2)22-3/h4-9,17,19H,10-13H2,1-3H3/b14-9+/t17-/m1/s1. The lowest BCUT2D eigenvalue weighted by Crippen LogP contribution is -2.18. The van der Waals surface area contributed by atoms with Crippen molar-refractivity contribution >= 4 is 13.4 Å². The summed E-state index contributed by atoms with van der Waals surface area (Å²) >= 11 is 0. The van der Waals surface area contributed by atoms with Gasteiger partial charge in [0.05, 0.1) is 19.3 Å². The van der Waals surface area contributed by atoms with Crippen LogP contribution >= 0.6 is 7.60 Å². The molecule has 1 aromatic carbocycles. The van der Waals surface area contributed by atoms with Gasteiger partial charge in [-0.05, 0) is 18.1 Å². The average Bonchev–Trinajstić information content (AvgIpc) is 2.59. The normalized spacial score (nSPS) is 13.8. The molecule has 1 rings (SSSR count). The fourth-order valence-electron chi connectivity index (χ4n) is 1.94. The molecule has 0 spiro atoms. The van der Waals surface area contributed by atoms with Crippen LogP contribution in [0.3, 0.4) is 0 Å². The highest BCUT2D eigenvalue weighted by Crippen LogP contribution is 2.46. The van der Waals surface area contributed by atoms with E-state index in [0.717, 1.165) is 5.56 Å². The Hall–Kier alpha value is -1.30. The molecule has 134 valence electrons. The van der Waals surface area contributed by atoms with Crippen molar-refractivity contribution in [3.8, 4) is 0 Å². The number of aliphatic hydroxyl groups is 1. The Balaban J connectivity index is 2.39. The summed E-state index contributed by atoms with van der Waals surface area (Å²) in [6.07, 6.45) is 0.291. The van der Waals surface area contributed by atoms with E-state index in [2.05, 4.69) is 0 Å². The second kappa shape index (κ2) is 10.5. The van der Waals surface area contributed by atoms with Crippen molar-refractivity contribution in [2.75, 3.05) is 27.0 Å². The van der Waals surface area contributed by atoms with E-state index in [9.17, 15) is 14.5 Å². The van der Waals surface area contributed by atoms with Crippen molar-refractivity contribution in [2.45, 2.75) is 26.1 Å². The number of hydrogen-bond acceptors (Lipinski definition) is 6. The Bertz CT molecular complexity index is 576. The Morgan fingerprint density at radius 3 is 2.46 bits per heavy atom. The third-order valence-corrected chi connectivity index (χ3v) is 5.36. The van der Waals surface area contributed by atoms with Gasteiger partial charge in [0.1, 0.15) is 11.9 Å². The van der Waals surface area contributed by atoms with Crippen LogP contribution in [0, 0.1) is 0 Å². The van der Waals surface area contributed by atoms with Gasteiger partial charge in [0.15, 0.2) is 0 Å². The van der Waals surface area contributed by atoms with Crippen molar-refractivity contribution in [1.82, 2.24) is 0 Å². The third kappa shape index (κ3) is 7.51. The molecule has 0 radical (unpaired) electrons. The van der Waals surface area contributed by atoms with Crippen molar-refractivity contribution in [2.24, 2.45) is 0 Å². The predicted molar refractivity (Wildman–Crippen MR) is 92.0 cm³/mol. The SMILES string of the molecule is COP(=O)(CC(=O)C[C@@H](O)/C(C)=C/COCc1ccccc1)OC. The summed E-state index contributed by atoms with van der Waals surface area (Å²) in [4.78, 5) is 11.9. The first kappa shape index (κ1) is 20.7. The highest BCUT2D eigenvalue weighted by Gasteiger charge is 2.26. The first-order chi connectivity index (χ1) is 11.4. The number of ether oxygens (including phenoxy) is 1. The number of ketones is 1. The van der Waals surface area contributed by atoms with Gasteiger partial charge in [0.25, 0.3) is 0 Å². The molecule has 0 fully saturated rings. The van der Waals surface area contributed by atoms with E-state index in [1.807, 2.05) is 30.3 Å². The van der Waals surface area contributed by atoms with Gasteiger partial charge in [-0.25, -0.2) is 0 Å². The van der Waals surface area contributed by atoms with Gasteiger partial charge in [0, 0.05) is 20.6 Å². The topological polar surface area (TPSA) is 82.1 Å². The third-order valence-electron chi connectivity index (χ3n) is 3.51. The summed E-state index contributed by atoms with van der Waals surface area (Å²) in [7, 11) is -0.938. The van der Waals surface area contributed by atoms with Crippen LogP contribution in [0.15, 0.2) is 42.0 Å². The average molecular weight is 356 g/mol. The van der Waals surface area contributed by atoms with Crippen LogP contribution in [0.4, 0.5) is 0 Å². The number of carbonyl (C=O) groups excluding carboxylic acids is 1. The van der Waals surface area contributed by atoms with E-state index in [1.165, 1.54) is 14.2 Å². The van der Waals surface area contributed by atoms with E-state index in [1.54, 1.807) is 13.0 Å². The van der Waals surface area contributed by atoms with Gasteiger partial charge in [-0.15, -0.1) is 0 Å². The molecule has 0 heterocycles.